The van der Waals surface area contributed by atoms with E-state index < -0.39 is 5.97 Å². The molecule has 0 spiro atoms. The van der Waals surface area contributed by atoms with Crippen LogP contribution in [-0.4, -0.2) is 17.6 Å². The number of carbonyl (C=O) groups is 1. The number of esters is 1. The molecular weight excluding hydrogens is 260 g/mol. The molecule has 0 saturated heterocycles. The average Bonchev–Trinajstić information content (AvgIpc) is 2.37. The summed E-state index contributed by atoms with van der Waals surface area (Å²) in [5, 5.41) is 3.01. The molecule has 0 saturated carbocycles. The number of ether oxygens (including phenoxy) is 1. The fourth-order valence-electron chi connectivity index (χ4n) is 1.50. The predicted molar refractivity (Wildman–Crippen MR) is 79.4 cm³/mol. The fraction of sp³-hybridized carbons (Fsp3) is 0.286. The second-order valence-electron chi connectivity index (χ2n) is 3.95. The molecule has 1 rings (SSSR count). The number of rotatable bonds is 5. The molecule has 0 radical (unpaired) electrons. The fourth-order valence-corrected chi connectivity index (χ4v) is 1.82. The van der Waals surface area contributed by atoms with Gasteiger partial charge in [0.25, 0.3) is 0 Å². The minimum absolute atomic E-state index is 0.229. The van der Waals surface area contributed by atoms with Gasteiger partial charge in [0.05, 0.1) is 6.61 Å². The van der Waals surface area contributed by atoms with E-state index in [1.54, 1.807) is 13.8 Å². The molecule has 0 fully saturated rings. The van der Waals surface area contributed by atoms with Crippen molar-refractivity contribution in [1.29, 1.82) is 0 Å². The zero-order valence-electron chi connectivity index (χ0n) is 11.1. The maximum Gasteiger partial charge on any atom is 0.342 e. The number of allylic oxidation sites excluding steroid dienone is 1. The summed E-state index contributed by atoms with van der Waals surface area (Å²) in [5.41, 5.74) is 7.34. The Morgan fingerprint density at radius 2 is 2.00 bits per heavy atom. The minimum atomic E-state index is -0.493. The minimum Gasteiger partial charge on any atom is -0.462 e. The zero-order chi connectivity index (χ0) is 14.3. The Morgan fingerprint density at radius 1 is 1.37 bits per heavy atom. The summed E-state index contributed by atoms with van der Waals surface area (Å²) in [5.74, 6) is -0.493. The third kappa shape index (κ3) is 4.71. The summed E-state index contributed by atoms with van der Waals surface area (Å²) >= 11 is 5.19. The third-order valence-corrected chi connectivity index (χ3v) is 2.75. The van der Waals surface area contributed by atoms with Gasteiger partial charge in [-0.15, -0.1) is 0 Å². The first kappa shape index (κ1) is 15.2. The molecule has 1 aromatic rings. The highest BCUT2D eigenvalue weighted by atomic mass is 32.1. The van der Waals surface area contributed by atoms with Crippen LogP contribution in [0.15, 0.2) is 41.6 Å². The molecule has 0 unspecified atom stereocenters. The normalized spacial score (nSPS) is 11.5. The molecule has 5 heteroatoms. The SMILES string of the molecule is CCOC(=O)C(C(=S)NCc1ccccc1)=C(C)N. The van der Waals surface area contributed by atoms with Gasteiger partial charge in [0.1, 0.15) is 10.6 Å². The summed E-state index contributed by atoms with van der Waals surface area (Å²) in [4.78, 5) is 12.1. The summed E-state index contributed by atoms with van der Waals surface area (Å²) in [7, 11) is 0. The summed E-state index contributed by atoms with van der Waals surface area (Å²) in [6, 6.07) is 9.76. The number of benzene rings is 1. The van der Waals surface area contributed by atoms with Gasteiger partial charge in [-0.3, -0.25) is 0 Å². The Bertz CT molecular complexity index is 479. The summed E-state index contributed by atoms with van der Waals surface area (Å²) in [6.45, 7) is 4.19. The maximum atomic E-state index is 11.7. The number of hydrogen-bond acceptors (Lipinski definition) is 4. The zero-order valence-corrected chi connectivity index (χ0v) is 11.9. The largest absolute Gasteiger partial charge is 0.462 e. The van der Waals surface area contributed by atoms with Gasteiger partial charge in [0, 0.05) is 12.2 Å². The van der Waals surface area contributed by atoms with E-state index >= 15 is 0 Å². The molecular formula is C14H18N2O2S. The molecule has 102 valence electrons. The van der Waals surface area contributed by atoms with Crippen molar-refractivity contribution in [2.24, 2.45) is 5.73 Å². The molecule has 0 aliphatic heterocycles. The molecule has 0 heterocycles. The van der Waals surface area contributed by atoms with Gasteiger partial charge in [-0.25, -0.2) is 4.79 Å². The molecule has 0 aromatic heterocycles. The van der Waals surface area contributed by atoms with E-state index in [1.807, 2.05) is 30.3 Å². The Kier molecular flexibility index (Phi) is 6.02. The van der Waals surface area contributed by atoms with Crippen LogP contribution in [0.25, 0.3) is 0 Å². The first-order chi connectivity index (χ1) is 9.06. The lowest BCUT2D eigenvalue weighted by Gasteiger charge is -2.12. The second kappa shape index (κ2) is 7.53. The standard InChI is InChI=1S/C14H18N2O2S/c1-3-18-14(17)12(10(2)15)13(19)16-9-11-7-5-4-6-8-11/h4-8H,3,9,15H2,1-2H3,(H,16,19). The van der Waals surface area contributed by atoms with Gasteiger partial charge in [-0.1, -0.05) is 42.5 Å². The van der Waals surface area contributed by atoms with E-state index in [1.165, 1.54) is 0 Å². The Balaban J connectivity index is 2.70. The number of thiocarbonyl (C=S) groups is 1. The molecule has 4 nitrogen and oxygen atoms in total. The van der Waals surface area contributed by atoms with Crippen LogP contribution < -0.4 is 11.1 Å². The van der Waals surface area contributed by atoms with Gasteiger partial charge in [0.2, 0.25) is 0 Å². The first-order valence-corrected chi connectivity index (χ1v) is 6.42. The van der Waals surface area contributed by atoms with Crippen LogP contribution in [0.5, 0.6) is 0 Å². The lowest BCUT2D eigenvalue weighted by atomic mass is 10.2. The van der Waals surface area contributed by atoms with Gasteiger partial charge in [-0.2, -0.15) is 0 Å². The van der Waals surface area contributed by atoms with Crippen LogP contribution in [0.1, 0.15) is 19.4 Å². The highest BCUT2D eigenvalue weighted by Crippen LogP contribution is 2.06. The average molecular weight is 278 g/mol. The smallest absolute Gasteiger partial charge is 0.342 e. The molecule has 0 bridgehead atoms. The highest BCUT2D eigenvalue weighted by Gasteiger charge is 2.18. The van der Waals surface area contributed by atoms with Crippen LogP contribution in [0, 0.1) is 0 Å². The van der Waals surface area contributed by atoms with E-state index in [2.05, 4.69) is 5.32 Å². The van der Waals surface area contributed by atoms with E-state index in [0.29, 0.717) is 17.2 Å². The predicted octanol–water partition coefficient (Wildman–Crippen LogP) is 1.90. The van der Waals surface area contributed by atoms with Gasteiger partial charge in [0.15, 0.2) is 0 Å². The molecule has 1 aromatic carbocycles. The van der Waals surface area contributed by atoms with Crippen molar-refractivity contribution in [3.63, 3.8) is 0 Å². The topological polar surface area (TPSA) is 64.3 Å². The van der Waals surface area contributed by atoms with Crippen molar-refractivity contribution in [2.45, 2.75) is 20.4 Å². The van der Waals surface area contributed by atoms with Crippen LogP contribution >= 0.6 is 12.2 Å². The number of nitrogens with two attached hydrogens (primary N) is 1. The highest BCUT2D eigenvalue weighted by molar-refractivity contribution is 7.80. The van der Waals surface area contributed by atoms with Gasteiger partial charge >= 0.3 is 5.97 Å². The van der Waals surface area contributed by atoms with Crippen molar-refractivity contribution in [2.75, 3.05) is 6.61 Å². The van der Waals surface area contributed by atoms with Crippen LogP contribution in [0.3, 0.4) is 0 Å². The van der Waals surface area contributed by atoms with Gasteiger partial charge < -0.3 is 15.8 Å². The molecule has 0 aliphatic carbocycles. The van der Waals surface area contributed by atoms with Crippen molar-refractivity contribution < 1.29 is 9.53 Å². The molecule has 0 amide bonds. The van der Waals surface area contributed by atoms with E-state index in [0.717, 1.165) is 5.56 Å². The van der Waals surface area contributed by atoms with Crippen molar-refractivity contribution in [1.82, 2.24) is 5.32 Å². The van der Waals surface area contributed by atoms with Crippen LogP contribution in [0.2, 0.25) is 0 Å². The molecule has 0 aliphatic rings. The summed E-state index contributed by atoms with van der Waals surface area (Å²) < 4.78 is 4.93. The van der Waals surface area contributed by atoms with Crippen molar-refractivity contribution >= 4 is 23.2 Å². The van der Waals surface area contributed by atoms with Crippen molar-refractivity contribution in [3.8, 4) is 0 Å². The van der Waals surface area contributed by atoms with E-state index in [-0.39, 0.29) is 12.2 Å². The summed E-state index contributed by atoms with van der Waals surface area (Å²) in [6.07, 6.45) is 0. The first-order valence-electron chi connectivity index (χ1n) is 6.01. The van der Waals surface area contributed by atoms with Crippen LogP contribution in [-0.2, 0) is 16.1 Å². The quantitative estimate of drug-likeness (QED) is 0.489. The molecule has 3 N–H and O–H groups in total. The second-order valence-corrected chi connectivity index (χ2v) is 4.36. The van der Waals surface area contributed by atoms with Gasteiger partial charge in [-0.05, 0) is 19.4 Å². The van der Waals surface area contributed by atoms with E-state index in [4.69, 9.17) is 22.7 Å². The van der Waals surface area contributed by atoms with Crippen LogP contribution in [0.4, 0.5) is 0 Å². The number of carbonyl (C=O) groups excluding carboxylic acids is 1. The number of nitrogens with one attached hydrogen (secondary N) is 1. The number of hydrogen-bond donors (Lipinski definition) is 2. The Hall–Kier alpha value is -1.88. The lowest BCUT2D eigenvalue weighted by molar-refractivity contribution is -0.137. The Labute approximate surface area is 118 Å². The Morgan fingerprint density at radius 3 is 2.53 bits per heavy atom. The molecule has 19 heavy (non-hydrogen) atoms. The van der Waals surface area contributed by atoms with Crippen molar-refractivity contribution in [3.05, 3.63) is 47.2 Å². The van der Waals surface area contributed by atoms with E-state index in [9.17, 15) is 4.79 Å². The monoisotopic (exact) mass is 278 g/mol. The third-order valence-electron chi connectivity index (χ3n) is 2.40. The maximum absolute atomic E-state index is 11.7. The molecule has 0 atom stereocenters. The lowest BCUT2D eigenvalue weighted by Crippen LogP contribution is -2.29.